The molecule has 0 unspecified atom stereocenters. The van der Waals surface area contributed by atoms with Crippen molar-refractivity contribution in [2.45, 2.75) is 44.8 Å². The highest BCUT2D eigenvalue weighted by Crippen LogP contribution is 2.34. The molecule has 4 rings (SSSR count). The zero-order valence-corrected chi connectivity index (χ0v) is 18.1. The fourth-order valence-corrected chi connectivity index (χ4v) is 4.07. The van der Waals surface area contributed by atoms with Gasteiger partial charge in [-0.15, -0.1) is 0 Å². The average Bonchev–Trinajstić information content (AvgIpc) is 2.79. The van der Waals surface area contributed by atoms with Crippen molar-refractivity contribution < 1.29 is 27.5 Å². The highest BCUT2D eigenvalue weighted by Gasteiger charge is 2.33. The Morgan fingerprint density at radius 1 is 1.21 bits per heavy atom. The van der Waals surface area contributed by atoms with Gasteiger partial charge in [-0.3, -0.25) is 9.20 Å². The monoisotopic (exact) mass is 475 g/mol. The molecule has 6 nitrogen and oxygen atoms in total. The largest absolute Gasteiger partial charge is 0.478 e. The van der Waals surface area contributed by atoms with Gasteiger partial charge in [-0.2, -0.15) is 13.2 Å². The summed E-state index contributed by atoms with van der Waals surface area (Å²) < 4.78 is 55.3. The van der Waals surface area contributed by atoms with Crippen molar-refractivity contribution in [2.24, 2.45) is 0 Å². The summed E-state index contributed by atoms with van der Waals surface area (Å²) in [5.74, 6) is -2.16. The molecule has 0 amide bonds. The molecule has 178 valence electrons. The molecule has 34 heavy (non-hydrogen) atoms. The first-order valence-corrected chi connectivity index (χ1v) is 10.7. The number of pyridine rings is 1. The van der Waals surface area contributed by atoms with Crippen molar-refractivity contribution in [1.29, 1.82) is 0 Å². The van der Waals surface area contributed by atoms with Gasteiger partial charge in [0, 0.05) is 23.5 Å². The second kappa shape index (κ2) is 8.92. The summed E-state index contributed by atoms with van der Waals surface area (Å²) in [6, 6.07) is 4.28. The van der Waals surface area contributed by atoms with Crippen molar-refractivity contribution in [1.82, 2.24) is 9.38 Å². The van der Waals surface area contributed by atoms with E-state index in [9.17, 15) is 32.3 Å². The molecule has 0 spiro atoms. The van der Waals surface area contributed by atoms with Crippen molar-refractivity contribution in [2.75, 3.05) is 5.32 Å². The van der Waals surface area contributed by atoms with Gasteiger partial charge in [0.15, 0.2) is 0 Å². The van der Waals surface area contributed by atoms with Crippen molar-refractivity contribution >= 4 is 22.9 Å². The molecule has 3 aromatic rings. The Morgan fingerprint density at radius 3 is 2.62 bits per heavy atom. The van der Waals surface area contributed by atoms with E-state index >= 15 is 0 Å². The van der Waals surface area contributed by atoms with Crippen LogP contribution in [0, 0.1) is 5.82 Å². The first-order valence-electron chi connectivity index (χ1n) is 10.7. The minimum absolute atomic E-state index is 0.0189. The van der Waals surface area contributed by atoms with Gasteiger partial charge >= 0.3 is 12.1 Å². The average molecular weight is 475 g/mol. The van der Waals surface area contributed by atoms with E-state index in [1.165, 1.54) is 19.1 Å². The number of fused-ring (bicyclic) bond motifs is 1. The Morgan fingerprint density at radius 2 is 1.97 bits per heavy atom. The van der Waals surface area contributed by atoms with Crippen LogP contribution in [-0.2, 0) is 6.18 Å². The number of alkyl halides is 3. The summed E-state index contributed by atoms with van der Waals surface area (Å²) in [6.45, 7) is 1.52. The Bertz CT molecular complexity index is 1360. The molecule has 0 bridgehead atoms. The van der Waals surface area contributed by atoms with Crippen molar-refractivity contribution in [3.8, 4) is 0 Å². The van der Waals surface area contributed by atoms with Crippen LogP contribution < -0.4 is 10.9 Å². The van der Waals surface area contributed by atoms with Crippen LogP contribution in [-0.4, -0.2) is 20.5 Å². The SMILES string of the molecule is C[C@@H](Nc1ccc(F)cc1C(=O)O)c1cc(C(F)(F)F)cn2c(=O)cc(C3=CCCCC3)nc12. The third-order valence-electron chi connectivity index (χ3n) is 5.79. The van der Waals surface area contributed by atoms with Gasteiger partial charge in [-0.25, -0.2) is 14.2 Å². The predicted octanol–water partition coefficient (Wildman–Crippen LogP) is 5.68. The number of rotatable bonds is 5. The van der Waals surface area contributed by atoms with Crippen LogP contribution in [0.3, 0.4) is 0 Å². The van der Waals surface area contributed by atoms with E-state index in [1.54, 1.807) is 0 Å². The summed E-state index contributed by atoms with van der Waals surface area (Å²) in [5, 5.41) is 12.2. The highest BCUT2D eigenvalue weighted by molar-refractivity contribution is 5.94. The number of hydrogen-bond donors (Lipinski definition) is 2. The van der Waals surface area contributed by atoms with E-state index in [-0.39, 0.29) is 22.5 Å². The van der Waals surface area contributed by atoms with Crippen LogP contribution in [0.25, 0.3) is 11.2 Å². The second-order valence-corrected chi connectivity index (χ2v) is 8.19. The van der Waals surface area contributed by atoms with Crippen LogP contribution in [0.15, 0.2) is 47.4 Å². The molecule has 0 fully saturated rings. The smallest absolute Gasteiger partial charge is 0.417 e. The Hall–Kier alpha value is -3.69. The number of hydrogen-bond acceptors (Lipinski definition) is 4. The van der Waals surface area contributed by atoms with Gasteiger partial charge in [0.05, 0.1) is 22.9 Å². The number of aromatic nitrogens is 2. The zero-order valence-electron chi connectivity index (χ0n) is 18.1. The molecular weight excluding hydrogens is 454 g/mol. The van der Waals surface area contributed by atoms with Gasteiger partial charge in [0.25, 0.3) is 5.56 Å². The number of halogens is 4. The second-order valence-electron chi connectivity index (χ2n) is 8.19. The minimum atomic E-state index is -4.73. The summed E-state index contributed by atoms with van der Waals surface area (Å²) in [7, 11) is 0. The molecule has 0 aliphatic heterocycles. The predicted molar refractivity (Wildman–Crippen MR) is 118 cm³/mol. The lowest BCUT2D eigenvalue weighted by molar-refractivity contribution is -0.137. The van der Waals surface area contributed by atoms with Crippen LogP contribution in [0.5, 0.6) is 0 Å². The maximum atomic E-state index is 13.6. The molecule has 0 radical (unpaired) electrons. The van der Waals surface area contributed by atoms with Crippen LogP contribution >= 0.6 is 0 Å². The maximum absolute atomic E-state index is 13.6. The molecule has 2 heterocycles. The van der Waals surface area contributed by atoms with Crippen LogP contribution in [0.1, 0.15) is 65.8 Å². The number of nitrogens with zero attached hydrogens (tertiary/aromatic N) is 2. The standard InChI is InChI=1S/C24H21F4N3O3/c1-13(29-19-8-7-16(25)10-18(19)23(33)34)17-9-15(24(26,27)28)12-31-21(32)11-20(30-22(17)31)14-5-3-2-4-6-14/h5,7-13,29H,2-4,6H2,1H3,(H,33,34)/t13-/m1/s1. The third kappa shape index (κ3) is 4.66. The van der Waals surface area contributed by atoms with Gasteiger partial charge in [0.2, 0.25) is 0 Å². The molecule has 10 heteroatoms. The topological polar surface area (TPSA) is 83.7 Å². The summed E-state index contributed by atoms with van der Waals surface area (Å²) >= 11 is 0. The van der Waals surface area contributed by atoms with E-state index in [1.807, 2.05) is 6.08 Å². The fourth-order valence-electron chi connectivity index (χ4n) is 4.07. The van der Waals surface area contributed by atoms with E-state index in [0.29, 0.717) is 18.3 Å². The molecule has 0 saturated heterocycles. The van der Waals surface area contributed by atoms with E-state index in [4.69, 9.17) is 0 Å². The normalized spacial score (nSPS) is 15.1. The number of allylic oxidation sites excluding steroid dienone is 2. The molecule has 1 aromatic carbocycles. The number of nitrogens with one attached hydrogen (secondary N) is 1. The molecule has 1 aliphatic carbocycles. The number of benzene rings is 1. The molecular formula is C24H21F4N3O3. The maximum Gasteiger partial charge on any atom is 0.417 e. The van der Waals surface area contributed by atoms with Crippen molar-refractivity contribution in [3.05, 3.63) is 81.2 Å². The van der Waals surface area contributed by atoms with E-state index in [0.717, 1.165) is 47.4 Å². The van der Waals surface area contributed by atoms with Crippen LogP contribution in [0.2, 0.25) is 0 Å². The first-order chi connectivity index (χ1) is 16.0. The lowest BCUT2D eigenvalue weighted by Gasteiger charge is -2.21. The highest BCUT2D eigenvalue weighted by atomic mass is 19.4. The summed E-state index contributed by atoms with van der Waals surface area (Å²) in [6.07, 6.45) is 1.44. The minimum Gasteiger partial charge on any atom is -0.478 e. The summed E-state index contributed by atoms with van der Waals surface area (Å²) in [5.41, 5.74) is -0.706. The van der Waals surface area contributed by atoms with Crippen LogP contribution in [0.4, 0.5) is 23.2 Å². The Labute approximate surface area is 191 Å². The number of carboxylic acids is 1. The zero-order chi connectivity index (χ0) is 24.6. The van der Waals surface area contributed by atoms with E-state index in [2.05, 4.69) is 10.3 Å². The van der Waals surface area contributed by atoms with Gasteiger partial charge in [-0.1, -0.05) is 6.08 Å². The Balaban J connectivity index is 1.89. The lowest BCUT2D eigenvalue weighted by Crippen LogP contribution is -2.22. The first kappa shape index (κ1) is 23.5. The third-order valence-corrected chi connectivity index (χ3v) is 5.79. The Kier molecular flexibility index (Phi) is 6.16. The molecule has 0 saturated carbocycles. The number of carboxylic acid groups (broad SMARTS) is 1. The quantitative estimate of drug-likeness (QED) is 0.464. The fraction of sp³-hybridized carbons (Fsp3) is 0.292. The van der Waals surface area contributed by atoms with Gasteiger partial charge in [-0.05, 0) is 62.4 Å². The number of carbonyl (C=O) groups is 1. The molecule has 2 N–H and O–H groups in total. The number of aromatic carboxylic acids is 1. The molecule has 1 atom stereocenters. The van der Waals surface area contributed by atoms with E-state index < -0.39 is 35.1 Å². The van der Waals surface area contributed by atoms with Gasteiger partial charge in [0.1, 0.15) is 11.5 Å². The number of anilines is 1. The molecule has 2 aromatic heterocycles. The van der Waals surface area contributed by atoms with Crippen molar-refractivity contribution in [3.63, 3.8) is 0 Å². The summed E-state index contributed by atoms with van der Waals surface area (Å²) in [4.78, 5) is 28.9. The van der Waals surface area contributed by atoms with Gasteiger partial charge < -0.3 is 10.4 Å². The lowest BCUT2D eigenvalue weighted by atomic mass is 9.97. The molecule has 1 aliphatic rings.